The molecule has 1 aromatic heterocycles. The van der Waals surface area contributed by atoms with Gasteiger partial charge in [-0.25, -0.2) is 4.79 Å². The van der Waals surface area contributed by atoms with Crippen molar-refractivity contribution in [1.29, 1.82) is 0 Å². The fraction of sp³-hybridized carbons (Fsp3) is 0.545. The molecule has 0 aromatic carbocycles. The van der Waals surface area contributed by atoms with Crippen LogP contribution >= 0.6 is 0 Å². The molecule has 2 unspecified atom stereocenters. The van der Waals surface area contributed by atoms with E-state index in [9.17, 15) is 9.59 Å². The average molecular weight is 239 g/mol. The summed E-state index contributed by atoms with van der Waals surface area (Å²) < 4.78 is 1.50. The van der Waals surface area contributed by atoms with Crippen LogP contribution in [0.4, 0.5) is 0 Å². The van der Waals surface area contributed by atoms with Gasteiger partial charge in [0.2, 0.25) is 5.91 Å². The van der Waals surface area contributed by atoms with Gasteiger partial charge in [-0.2, -0.15) is 5.10 Å². The highest BCUT2D eigenvalue weighted by molar-refractivity contribution is 5.85. The van der Waals surface area contributed by atoms with Gasteiger partial charge in [-0.3, -0.25) is 9.48 Å². The summed E-state index contributed by atoms with van der Waals surface area (Å²) in [5.41, 5.74) is 0.469. The molecule has 2 atom stereocenters. The van der Waals surface area contributed by atoms with Crippen LogP contribution in [0, 0.1) is 5.92 Å². The van der Waals surface area contributed by atoms with Crippen LogP contribution in [-0.2, 0) is 16.6 Å². The van der Waals surface area contributed by atoms with Crippen LogP contribution in [0.2, 0.25) is 0 Å². The first kappa shape index (κ1) is 13.2. The number of amides is 1. The summed E-state index contributed by atoms with van der Waals surface area (Å²) in [5, 5.41) is 15.5. The number of carbonyl (C=O) groups excluding carboxylic acids is 1. The molecular weight excluding hydrogens is 222 g/mol. The van der Waals surface area contributed by atoms with Gasteiger partial charge in [0.05, 0.1) is 6.20 Å². The first-order valence-electron chi connectivity index (χ1n) is 5.47. The Labute approximate surface area is 99.6 Å². The molecule has 1 rings (SSSR count). The van der Waals surface area contributed by atoms with Gasteiger partial charge in [-0.15, -0.1) is 0 Å². The minimum absolute atomic E-state index is 0.200. The van der Waals surface area contributed by atoms with Gasteiger partial charge in [0.15, 0.2) is 6.04 Å². The lowest BCUT2D eigenvalue weighted by molar-refractivity contribution is -0.142. The van der Waals surface area contributed by atoms with E-state index in [0.717, 1.165) is 0 Å². The maximum Gasteiger partial charge on any atom is 0.331 e. The summed E-state index contributed by atoms with van der Waals surface area (Å²) in [6.45, 7) is 3.64. The predicted octanol–water partition coefficient (Wildman–Crippen LogP) is 0.708. The summed E-state index contributed by atoms with van der Waals surface area (Å²) in [7, 11) is 1.69. The smallest absolute Gasteiger partial charge is 0.331 e. The zero-order valence-corrected chi connectivity index (χ0v) is 10.2. The Morgan fingerprint density at radius 2 is 2.24 bits per heavy atom. The van der Waals surface area contributed by atoms with E-state index in [1.54, 1.807) is 20.2 Å². The predicted molar refractivity (Wildman–Crippen MR) is 61.2 cm³/mol. The molecule has 0 aliphatic heterocycles. The molecule has 0 fully saturated rings. The van der Waals surface area contributed by atoms with Crippen molar-refractivity contribution in [3.05, 3.63) is 18.0 Å². The van der Waals surface area contributed by atoms with Crippen molar-refractivity contribution >= 4 is 11.9 Å². The number of hydrogen-bond donors (Lipinski definition) is 2. The summed E-state index contributed by atoms with van der Waals surface area (Å²) in [6.07, 6.45) is 3.69. The van der Waals surface area contributed by atoms with Crippen LogP contribution in [0.15, 0.2) is 12.4 Å². The van der Waals surface area contributed by atoms with E-state index in [-0.39, 0.29) is 11.8 Å². The fourth-order valence-corrected chi connectivity index (χ4v) is 1.35. The van der Waals surface area contributed by atoms with Gasteiger partial charge < -0.3 is 10.4 Å². The highest BCUT2D eigenvalue weighted by Gasteiger charge is 2.24. The third-order valence-corrected chi connectivity index (χ3v) is 2.65. The summed E-state index contributed by atoms with van der Waals surface area (Å²) >= 11 is 0. The van der Waals surface area contributed by atoms with Crippen molar-refractivity contribution in [3.63, 3.8) is 0 Å². The van der Waals surface area contributed by atoms with Gasteiger partial charge in [0.25, 0.3) is 0 Å². The largest absolute Gasteiger partial charge is 0.479 e. The first-order chi connectivity index (χ1) is 7.95. The molecule has 2 N–H and O–H groups in total. The van der Waals surface area contributed by atoms with E-state index in [4.69, 9.17) is 5.11 Å². The highest BCUT2D eigenvalue weighted by Crippen LogP contribution is 2.13. The van der Waals surface area contributed by atoms with Crippen LogP contribution in [0.3, 0.4) is 0 Å². The van der Waals surface area contributed by atoms with E-state index < -0.39 is 12.0 Å². The number of carbonyl (C=O) groups is 2. The third kappa shape index (κ3) is 3.30. The lowest BCUT2D eigenvalue weighted by Crippen LogP contribution is -2.36. The van der Waals surface area contributed by atoms with E-state index in [1.165, 1.54) is 10.9 Å². The zero-order valence-electron chi connectivity index (χ0n) is 10.2. The van der Waals surface area contributed by atoms with Crippen molar-refractivity contribution in [1.82, 2.24) is 15.1 Å². The van der Waals surface area contributed by atoms with E-state index in [1.807, 2.05) is 6.92 Å². The first-order valence-corrected chi connectivity index (χ1v) is 5.47. The Hall–Kier alpha value is -1.85. The maximum absolute atomic E-state index is 11.7. The molecule has 6 nitrogen and oxygen atoms in total. The number of rotatable bonds is 5. The molecule has 0 aliphatic rings. The minimum atomic E-state index is -1.09. The lowest BCUT2D eigenvalue weighted by atomic mass is 10.1. The molecule has 1 aromatic rings. The topological polar surface area (TPSA) is 84.2 Å². The standard InChI is InChI=1S/C11H17N3O3/c1-4-7(2)10(15)13-9(11(16)17)8-5-12-14(3)6-8/h5-7,9H,4H2,1-3H3,(H,13,15)(H,16,17). The number of hydrogen-bond acceptors (Lipinski definition) is 3. The number of carboxylic acids is 1. The number of nitrogens with zero attached hydrogens (tertiary/aromatic N) is 2. The van der Waals surface area contributed by atoms with E-state index >= 15 is 0 Å². The van der Waals surface area contributed by atoms with Crippen molar-refractivity contribution in [2.24, 2.45) is 13.0 Å². The number of aromatic nitrogens is 2. The summed E-state index contributed by atoms with van der Waals surface area (Å²) in [5.74, 6) is -1.55. The minimum Gasteiger partial charge on any atom is -0.479 e. The summed E-state index contributed by atoms with van der Waals surface area (Å²) in [6, 6.07) is -1.04. The molecule has 17 heavy (non-hydrogen) atoms. The number of aliphatic carboxylic acids is 1. The molecule has 1 heterocycles. The Balaban J connectivity index is 2.81. The third-order valence-electron chi connectivity index (χ3n) is 2.65. The second-order valence-corrected chi connectivity index (χ2v) is 4.04. The number of nitrogens with one attached hydrogen (secondary N) is 1. The molecule has 0 saturated carbocycles. The van der Waals surface area contributed by atoms with Crippen molar-refractivity contribution in [2.45, 2.75) is 26.3 Å². The van der Waals surface area contributed by atoms with Gasteiger partial charge >= 0.3 is 5.97 Å². The number of aryl methyl sites for hydroxylation is 1. The molecule has 0 bridgehead atoms. The average Bonchev–Trinajstić information content (AvgIpc) is 2.70. The van der Waals surface area contributed by atoms with Crippen LogP contribution in [0.1, 0.15) is 31.9 Å². The molecular formula is C11H17N3O3. The van der Waals surface area contributed by atoms with Gasteiger partial charge in [0.1, 0.15) is 0 Å². The Kier molecular flexibility index (Phi) is 4.25. The second-order valence-electron chi connectivity index (χ2n) is 4.04. The Morgan fingerprint density at radius 3 is 2.65 bits per heavy atom. The normalized spacial score (nSPS) is 14.1. The molecule has 0 radical (unpaired) electrons. The number of carboxylic acid groups (broad SMARTS) is 1. The van der Waals surface area contributed by atoms with Gasteiger partial charge in [0, 0.05) is 24.7 Å². The molecule has 6 heteroatoms. The van der Waals surface area contributed by atoms with E-state index in [0.29, 0.717) is 12.0 Å². The van der Waals surface area contributed by atoms with Crippen molar-refractivity contribution in [2.75, 3.05) is 0 Å². The van der Waals surface area contributed by atoms with Gasteiger partial charge in [-0.05, 0) is 6.42 Å². The highest BCUT2D eigenvalue weighted by atomic mass is 16.4. The molecule has 94 valence electrons. The van der Waals surface area contributed by atoms with Crippen LogP contribution in [0.5, 0.6) is 0 Å². The van der Waals surface area contributed by atoms with Crippen molar-refractivity contribution < 1.29 is 14.7 Å². The maximum atomic E-state index is 11.7. The Morgan fingerprint density at radius 1 is 1.59 bits per heavy atom. The van der Waals surface area contributed by atoms with Crippen molar-refractivity contribution in [3.8, 4) is 0 Å². The molecule has 0 saturated heterocycles. The quantitative estimate of drug-likeness (QED) is 0.792. The zero-order chi connectivity index (χ0) is 13.0. The monoisotopic (exact) mass is 239 g/mol. The van der Waals surface area contributed by atoms with E-state index in [2.05, 4.69) is 10.4 Å². The Bertz CT molecular complexity index is 414. The summed E-state index contributed by atoms with van der Waals surface area (Å²) in [4.78, 5) is 22.8. The molecule has 1 amide bonds. The molecule has 0 aliphatic carbocycles. The van der Waals surface area contributed by atoms with Crippen LogP contribution in [-0.4, -0.2) is 26.8 Å². The second kappa shape index (κ2) is 5.47. The SMILES string of the molecule is CCC(C)C(=O)NC(C(=O)O)c1cnn(C)c1. The lowest BCUT2D eigenvalue weighted by Gasteiger charge is -2.15. The molecule has 0 spiro atoms. The van der Waals surface area contributed by atoms with Crippen LogP contribution < -0.4 is 5.32 Å². The van der Waals surface area contributed by atoms with Gasteiger partial charge in [-0.1, -0.05) is 13.8 Å². The fourth-order valence-electron chi connectivity index (χ4n) is 1.35. The van der Waals surface area contributed by atoms with Crippen LogP contribution in [0.25, 0.3) is 0 Å².